The minimum atomic E-state index is -5.19. The van der Waals surface area contributed by atoms with Crippen LogP contribution in [0, 0.1) is 5.82 Å². The zero-order valence-electron chi connectivity index (χ0n) is 34.3. The lowest BCUT2D eigenvalue weighted by Crippen LogP contribution is -2.56. The fourth-order valence-electron chi connectivity index (χ4n) is 6.85. The molecule has 0 saturated carbocycles. The number of carbonyl (C=O) groups is 3. The van der Waals surface area contributed by atoms with Gasteiger partial charge in [0, 0.05) is 69.5 Å². The van der Waals surface area contributed by atoms with Gasteiger partial charge in [-0.3, -0.25) is 14.6 Å². The number of quaternary nitrogens is 1. The van der Waals surface area contributed by atoms with E-state index in [1.165, 1.54) is 17.2 Å². The van der Waals surface area contributed by atoms with E-state index in [0.717, 1.165) is 86.6 Å². The Bertz CT molecular complexity index is 2100. The fourth-order valence-corrected chi connectivity index (χ4v) is 6.85. The Hall–Kier alpha value is -5.62. The first kappa shape index (κ1) is 49.0. The molecular weight excluding hydrogens is 824 g/mol. The van der Waals surface area contributed by atoms with Crippen molar-refractivity contribution in [2.24, 2.45) is 0 Å². The van der Waals surface area contributed by atoms with E-state index in [2.05, 4.69) is 89.0 Å². The molecule has 1 atom stereocenters. The van der Waals surface area contributed by atoms with Crippen molar-refractivity contribution in [1.29, 1.82) is 0 Å². The van der Waals surface area contributed by atoms with E-state index in [0.29, 0.717) is 23.7 Å². The van der Waals surface area contributed by atoms with Crippen LogP contribution in [0.4, 0.5) is 30.7 Å². The third-order valence-corrected chi connectivity index (χ3v) is 10.2. The monoisotopic (exact) mass is 873 g/mol. The first-order valence-electron chi connectivity index (χ1n) is 19.8. The average Bonchev–Trinajstić information content (AvgIpc) is 3.22. The molecule has 2 aliphatic rings. The number of benzene rings is 4. The molecular formula is C45H50F7N5O5. The lowest BCUT2D eigenvalue weighted by atomic mass is 10.00. The molecule has 2 fully saturated rings. The Labute approximate surface area is 355 Å². The van der Waals surface area contributed by atoms with Crippen molar-refractivity contribution < 1.29 is 59.8 Å². The third kappa shape index (κ3) is 16.3. The van der Waals surface area contributed by atoms with Crippen LogP contribution in [0.3, 0.4) is 0 Å². The summed E-state index contributed by atoms with van der Waals surface area (Å²) < 4.78 is 79.4. The van der Waals surface area contributed by atoms with Gasteiger partial charge >= 0.3 is 18.3 Å². The van der Waals surface area contributed by atoms with Gasteiger partial charge in [0.25, 0.3) is 5.91 Å². The third-order valence-electron chi connectivity index (χ3n) is 10.2. The van der Waals surface area contributed by atoms with Crippen molar-refractivity contribution in [2.45, 2.75) is 45.0 Å². The SMILES string of the molecule is C[C@H]1CN(Cc2cccc(-c3cc(CNC(=O)c4cccc(CN5CC[N+](C)(C/C=C/c6ccccc6)CC5)c4)ccc3F)c2)CCN1.O=C(O)C(F)(F)F.O=C([O-])C(F)(F)F. The van der Waals surface area contributed by atoms with Crippen molar-refractivity contribution in [3.05, 3.63) is 137 Å². The maximum Gasteiger partial charge on any atom is 0.490 e. The van der Waals surface area contributed by atoms with Crippen LogP contribution >= 0.6 is 0 Å². The fraction of sp³-hybridized carbons (Fsp3) is 0.356. The molecule has 0 aliphatic carbocycles. The summed E-state index contributed by atoms with van der Waals surface area (Å²) in [7, 11) is 2.34. The summed E-state index contributed by atoms with van der Waals surface area (Å²) in [6.07, 6.45) is -5.76. The zero-order chi connectivity index (χ0) is 45.5. The number of nitrogens with one attached hydrogen (secondary N) is 2. The molecule has 0 spiro atoms. The number of hydrogen-bond acceptors (Lipinski definition) is 7. The van der Waals surface area contributed by atoms with Crippen LogP contribution in [-0.2, 0) is 29.2 Å². The van der Waals surface area contributed by atoms with Gasteiger partial charge in [-0.25, -0.2) is 9.18 Å². The highest BCUT2D eigenvalue weighted by Gasteiger charge is 2.38. The number of carboxylic acid groups (broad SMARTS) is 2. The Balaban J connectivity index is 0.000000521. The standard InChI is InChI=1S/C41H48FN5O.2C2HF3O2/c1-32-29-46(19-18-43-32)31-35-11-6-14-37(25-35)39-27-34(16-17-40(39)42)28-44-41(48)38-15-7-12-36(26-38)30-45-20-23-47(2,24-21-45)22-8-13-33-9-4-3-5-10-33;2*3-2(4,5)1(6)7/h3-17,25-27,32,43H,18-24,28-31H2,1-2H3;2*(H,6,7)/b13-8+;;/t32-;;/m0../s1. The maximum atomic E-state index is 15.0. The molecule has 0 unspecified atom stereocenters. The van der Waals surface area contributed by atoms with Crippen molar-refractivity contribution in [3.63, 3.8) is 0 Å². The Morgan fingerprint density at radius 2 is 1.44 bits per heavy atom. The Kier molecular flexibility index (Phi) is 17.8. The number of likely N-dealkylation sites (N-methyl/N-ethyl adjacent to an activating group) is 1. The number of rotatable bonds is 11. The second-order valence-electron chi connectivity index (χ2n) is 15.4. The molecule has 3 N–H and O–H groups in total. The molecule has 2 heterocycles. The van der Waals surface area contributed by atoms with E-state index in [9.17, 15) is 31.1 Å². The molecule has 0 radical (unpaired) electrons. The predicted octanol–water partition coefficient (Wildman–Crippen LogP) is 6.12. The maximum absolute atomic E-state index is 15.0. The first-order valence-corrected chi connectivity index (χ1v) is 19.8. The van der Waals surface area contributed by atoms with Crippen LogP contribution < -0.4 is 15.7 Å². The molecule has 4 aromatic rings. The average molecular weight is 874 g/mol. The van der Waals surface area contributed by atoms with Crippen LogP contribution in [0.5, 0.6) is 0 Å². The van der Waals surface area contributed by atoms with Gasteiger partial charge in [0.15, 0.2) is 0 Å². The Morgan fingerprint density at radius 1 is 0.823 bits per heavy atom. The number of halogens is 7. The molecule has 6 rings (SSSR count). The topological polar surface area (TPSA) is 125 Å². The van der Waals surface area contributed by atoms with Gasteiger partial charge in [-0.1, -0.05) is 72.8 Å². The molecule has 1 amide bonds. The van der Waals surface area contributed by atoms with Gasteiger partial charge in [0.2, 0.25) is 0 Å². The molecule has 0 bridgehead atoms. The molecule has 2 saturated heterocycles. The van der Waals surface area contributed by atoms with E-state index in [1.807, 2.05) is 42.5 Å². The van der Waals surface area contributed by atoms with Crippen molar-refractivity contribution >= 4 is 23.9 Å². The summed E-state index contributed by atoms with van der Waals surface area (Å²) in [4.78, 5) is 35.8. The van der Waals surface area contributed by atoms with E-state index in [1.54, 1.807) is 6.07 Å². The highest BCUT2D eigenvalue weighted by atomic mass is 19.4. The summed E-state index contributed by atoms with van der Waals surface area (Å²) in [5.41, 5.74) is 6.48. The second-order valence-corrected chi connectivity index (χ2v) is 15.4. The van der Waals surface area contributed by atoms with Gasteiger partial charge in [0.1, 0.15) is 11.8 Å². The van der Waals surface area contributed by atoms with Gasteiger partial charge in [-0.15, -0.1) is 0 Å². The number of amides is 1. The van der Waals surface area contributed by atoms with Gasteiger partial charge in [0.05, 0.1) is 26.7 Å². The number of hydrogen-bond donors (Lipinski definition) is 3. The minimum Gasteiger partial charge on any atom is -0.542 e. The molecule has 334 valence electrons. The molecule has 2 aliphatic heterocycles. The van der Waals surface area contributed by atoms with Crippen LogP contribution in [-0.4, -0.2) is 115 Å². The summed E-state index contributed by atoms with van der Waals surface area (Å²) in [5, 5.41) is 22.5. The van der Waals surface area contributed by atoms with Crippen LogP contribution in [0.1, 0.15) is 39.5 Å². The van der Waals surface area contributed by atoms with Crippen LogP contribution in [0.2, 0.25) is 0 Å². The van der Waals surface area contributed by atoms with E-state index < -0.39 is 24.3 Å². The van der Waals surface area contributed by atoms with E-state index >= 15 is 4.39 Å². The lowest BCUT2D eigenvalue weighted by Gasteiger charge is -2.41. The number of aliphatic carboxylic acids is 2. The molecule has 17 heteroatoms. The van der Waals surface area contributed by atoms with E-state index in [-0.39, 0.29) is 11.7 Å². The number of alkyl halides is 6. The van der Waals surface area contributed by atoms with Gasteiger partial charge < -0.3 is 30.1 Å². The van der Waals surface area contributed by atoms with E-state index in [4.69, 9.17) is 19.8 Å². The summed E-state index contributed by atoms with van der Waals surface area (Å²) in [6.45, 7) is 12.5. The van der Waals surface area contributed by atoms with Crippen molar-refractivity contribution in [1.82, 2.24) is 20.4 Å². The van der Waals surface area contributed by atoms with Crippen molar-refractivity contribution in [2.75, 3.05) is 59.4 Å². The minimum absolute atomic E-state index is 0.122. The van der Waals surface area contributed by atoms with Crippen LogP contribution in [0.15, 0.2) is 103 Å². The van der Waals surface area contributed by atoms with Crippen LogP contribution in [0.25, 0.3) is 17.2 Å². The molecule has 62 heavy (non-hydrogen) atoms. The number of carboxylic acids is 2. The predicted molar refractivity (Wildman–Crippen MR) is 218 cm³/mol. The molecule has 10 nitrogen and oxygen atoms in total. The zero-order valence-corrected chi connectivity index (χ0v) is 34.3. The summed E-state index contributed by atoms with van der Waals surface area (Å²) in [6, 6.07) is 32.1. The number of piperazine rings is 2. The summed E-state index contributed by atoms with van der Waals surface area (Å²) in [5.74, 6) is -6.14. The van der Waals surface area contributed by atoms with Crippen molar-refractivity contribution in [3.8, 4) is 11.1 Å². The second kappa shape index (κ2) is 22.5. The highest BCUT2D eigenvalue weighted by molar-refractivity contribution is 5.94. The smallest absolute Gasteiger partial charge is 0.490 e. The number of carbonyl (C=O) groups excluding carboxylic acids is 2. The van der Waals surface area contributed by atoms with Gasteiger partial charge in [-0.05, 0) is 71.1 Å². The Morgan fingerprint density at radius 3 is 2.05 bits per heavy atom. The highest BCUT2D eigenvalue weighted by Crippen LogP contribution is 2.26. The largest absolute Gasteiger partial charge is 0.542 e. The first-order chi connectivity index (χ1) is 29.2. The lowest BCUT2D eigenvalue weighted by molar-refractivity contribution is -0.908. The van der Waals surface area contributed by atoms with Gasteiger partial charge in [-0.2, -0.15) is 26.3 Å². The molecule has 0 aromatic heterocycles. The quantitative estimate of drug-likeness (QED) is 0.122. The number of nitrogens with zero attached hydrogens (tertiary/aromatic N) is 3. The normalized spacial score (nSPS) is 17.0. The molecule has 4 aromatic carbocycles. The summed E-state index contributed by atoms with van der Waals surface area (Å²) >= 11 is 0.